The van der Waals surface area contributed by atoms with Gasteiger partial charge in [0, 0.05) is 12.5 Å². The van der Waals surface area contributed by atoms with E-state index in [1.54, 1.807) is 12.1 Å². The van der Waals surface area contributed by atoms with Gasteiger partial charge in [0.1, 0.15) is 11.9 Å². The highest BCUT2D eigenvalue weighted by molar-refractivity contribution is 5.81. The summed E-state index contributed by atoms with van der Waals surface area (Å²) < 4.78 is 11.3. The van der Waals surface area contributed by atoms with E-state index >= 15 is 0 Å². The molecule has 0 unspecified atom stereocenters. The summed E-state index contributed by atoms with van der Waals surface area (Å²) in [6.45, 7) is 3.00. The SMILES string of the molecule is O=C(O[C@H]1CN2CCC1CC2)[C@](O)(c1ccco1)C1CCCC1. The van der Waals surface area contributed by atoms with Crippen LogP contribution in [0.15, 0.2) is 22.8 Å². The van der Waals surface area contributed by atoms with Crippen molar-refractivity contribution in [2.45, 2.75) is 50.2 Å². The zero-order chi connectivity index (χ0) is 15.9. The van der Waals surface area contributed by atoms with Crippen molar-refractivity contribution in [3.05, 3.63) is 24.2 Å². The number of piperidine rings is 3. The third-order valence-corrected chi connectivity index (χ3v) is 6.01. The zero-order valence-corrected chi connectivity index (χ0v) is 13.4. The molecule has 2 bridgehead atoms. The van der Waals surface area contributed by atoms with E-state index in [-0.39, 0.29) is 12.0 Å². The van der Waals surface area contributed by atoms with Crippen LogP contribution >= 0.6 is 0 Å². The number of rotatable bonds is 4. The predicted octanol–water partition coefficient (Wildman–Crippen LogP) is 2.29. The lowest BCUT2D eigenvalue weighted by Gasteiger charge is -2.44. The lowest BCUT2D eigenvalue weighted by molar-refractivity contribution is -0.190. The summed E-state index contributed by atoms with van der Waals surface area (Å²) in [5, 5.41) is 11.3. The first-order chi connectivity index (χ1) is 11.2. The molecule has 4 fully saturated rings. The summed E-state index contributed by atoms with van der Waals surface area (Å²) in [6, 6.07) is 3.41. The van der Waals surface area contributed by atoms with Crippen LogP contribution in [0.3, 0.4) is 0 Å². The number of furan rings is 1. The molecule has 0 spiro atoms. The van der Waals surface area contributed by atoms with Gasteiger partial charge in [-0.15, -0.1) is 0 Å². The second-order valence-electron chi connectivity index (χ2n) is 7.31. The Morgan fingerprint density at radius 3 is 2.57 bits per heavy atom. The normalized spacial score (nSPS) is 33.5. The molecule has 3 aliphatic heterocycles. The van der Waals surface area contributed by atoms with Crippen LogP contribution < -0.4 is 0 Å². The minimum absolute atomic E-state index is 0.0899. The molecule has 0 amide bonds. The molecule has 1 aromatic rings. The van der Waals surface area contributed by atoms with Crippen LogP contribution in [0, 0.1) is 11.8 Å². The molecule has 1 N–H and O–H groups in total. The van der Waals surface area contributed by atoms with Crippen molar-refractivity contribution in [2.75, 3.05) is 19.6 Å². The Morgan fingerprint density at radius 1 is 1.26 bits per heavy atom. The minimum atomic E-state index is -1.63. The summed E-state index contributed by atoms with van der Waals surface area (Å²) in [5.74, 6) is 0.143. The summed E-state index contributed by atoms with van der Waals surface area (Å²) in [6.07, 6.45) is 7.35. The fourth-order valence-electron chi connectivity index (χ4n) is 4.58. The van der Waals surface area contributed by atoms with Crippen LogP contribution in [-0.4, -0.2) is 41.7 Å². The summed E-state index contributed by atoms with van der Waals surface area (Å²) in [7, 11) is 0. The van der Waals surface area contributed by atoms with E-state index in [1.165, 1.54) is 6.26 Å². The van der Waals surface area contributed by atoms with E-state index in [4.69, 9.17) is 9.15 Å². The summed E-state index contributed by atoms with van der Waals surface area (Å²) >= 11 is 0. The minimum Gasteiger partial charge on any atom is -0.466 e. The molecule has 126 valence electrons. The second kappa shape index (κ2) is 5.95. The molecule has 23 heavy (non-hydrogen) atoms. The number of esters is 1. The van der Waals surface area contributed by atoms with Gasteiger partial charge in [-0.3, -0.25) is 4.90 Å². The average Bonchev–Trinajstić information content (AvgIpc) is 3.29. The van der Waals surface area contributed by atoms with Gasteiger partial charge in [-0.05, 0) is 56.8 Å². The Morgan fingerprint density at radius 2 is 2.00 bits per heavy atom. The van der Waals surface area contributed by atoms with E-state index in [0.717, 1.165) is 58.2 Å². The van der Waals surface area contributed by atoms with Crippen LogP contribution in [0.2, 0.25) is 0 Å². The maximum atomic E-state index is 12.9. The van der Waals surface area contributed by atoms with Gasteiger partial charge in [0.15, 0.2) is 0 Å². The topological polar surface area (TPSA) is 62.9 Å². The first-order valence-electron chi connectivity index (χ1n) is 8.87. The number of hydrogen-bond donors (Lipinski definition) is 1. The molecule has 2 atom stereocenters. The molecule has 1 aliphatic carbocycles. The van der Waals surface area contributed by atoms with Crippen molar-refractivity contribution in [3.63, 3.8) is 0 Å². The van der Waals surface area contributed by atoms with Crippen LogP contribution in [0.5, 0.6) is 0 Å². The van der Waals surface area contributed by atoms with E-state index < -0.39 is 11.6 Å². The quantitative estimate of drug-likeness (QED) is 0.863. The molecular formula is C18H25NO4. The van der Waals surface area contributed by atoms with Crippen molar-refractivity contribution >= 4 is 5.97 Å². The molecule has 5 rings (SSSR count). The highest BCUT2D eigenvalue weighted by Crippen LogP contribution is 2.42. The number of carbonyl (C=O) groups excluding carboxylic acids is 1. The van der Waals surface area contributed by atoms with Crippen LogP contribution in [0.4, 0.5) is 0 Å². The number of aliphatic hydroxyl groups is 1. The van der Waals surface area contributed by atoms with Crippen molar-refractivity contribution in [1.82, 2.24) is 4.90 Å². The fraction of sp³-hybridized carbons (Fsp3) is 0.722. The average molecular weight is 319 g/mol. The molecule has 5 heteroatoms. The molecule has 1 saturated carbocycles. The smallest absolute Gasteiger partial charge is 0.346 e. The molecular weight excluding hydrogens is 294 g/mol. The lowest BCUT2D eigenvalue weighted by Crippen LogP contribution is -2.54. The predicted molar refractivity (Wildman–Crippen MR) is 83.6 cm³/mol. The number of fused-ring (bicyclic) bond motifs is 3. The van der Waals surface area contributed by atoms with Gasteiger partial charge < -0.3 is 14.3 Å². The molecule has 1 aromatic heterocycles. The van der Waals surface area contributed by atoms with Crippen molar-refractivity contribution < 1.29 is 19.1 Å². The molecule has 5 nitrogen and oxygen atoms in total. The number of hydrogen-bond acceptors (Lipinski definition) is 5. The third-order valence-electron chi connectivity index (χ3n) is 6.01. The highest BCUT2D eigenvalue weighted by Gasteiger charge is 2.51. The molecule has 3 saturated heterocycles. The maximum absolute atomic E-state index is 12.9. The first kappa shape index (κ1) is 15.2. The van der Waals surface area contributed by atoms with Gasteiger partial charge in [-0.1, -0.05) is 12.8 Å². The van der Waals surface area contributed by atoms with Gasteiger partial charge in [-0.2, -0.15) is 0 Å². The highest BCUT2D eigenvalue weighted by atomic mass is 16.6. The molecule has 0 aromatic carbocycles. The van der Waals surface area contributed by atoms with Crippen LogP contribution in [0.25, 0.3) is 0 Å². The summed E-state index contributed by atoms with van der Waals surface area (Å²) in [4.78, 5) is 15.3. The number of ether oxygens (including phenoxy) is 1. The summed E-state index contributed by atoms with van der Waals surface area (Å²) in [5.41, 5.74) is -1.63. The fourth-order valence-corrected chi connectivity index (χ4v) is 4.58. The number of nitrogens with zero attached hydrogens (tertiary/aromatic N) is 1. The first-order valence-corrected chi connectivity index (χ1v) is 8.87. The van der Waals surface area contributed by atoms with Gasteiger partial charge in [-0.25, -0.2) is 4.79 Å². The van der Waals surface area contributed by atoms with Crippen molar-refractivity contribution in [1.29, 1.82) is 0 Å². The Kier molecular flexibility index (Phi) is 3.93. The van der Waals surface area contributed by atoms with E-state index in [9.17, 15) is 9.90 Å². The van der Waals surface area contributed by atoms with E-state index in [2.05, 4.69) is 4.90 Å². The van der Waals surface area contributed by atoms with Gasteiger partial charge in [0.05, 0.1) is 6.26 Å². The Labute approximate surface area is 136 Å². The monoisotopic (exact) mass is 319 g/mol. The lowest BCUT2D eigenvalue weighted by atomic mass is 9.82. The Hall–Kier alpha value is -1.33. The van der Waals surface area contributed by atoms with Gasteiger partial charge in [0.2, 0.25) is 5.60 Å². The standard InChI is InChI=1S/C18H25NO4/c20-17(23-15-12-19-9-7-13(15)8-10-19)18(21,14-4-1-2-5-14)16-6-3-11-22-16/h3,6,11,13-15,21H,1-2,4-5,7-10,12H2/t15-,18+/m0/s1. The zero-order valence-electron chi connectivity index (χ0n) is 13.4. The second-order valence-corrected chi connectivity index (χ2v) is 7.31. The van der Waals surface area contributed by atoms with E-state index in [1.807, 2.05) is 0 Å². The molecule has 0 radical (unpaired) electrons. The van der Waals surface area contributed by atoms with Gasteiger partial charge >= 0.3 is 5.97 Å². The maximum Gasteiger partial charge on any atom is 0.346 e. The Bertz CT molecular complexity index is 543. The van der Waals surface area contributed by atoms with Crippen LogP contribution in [0.1, 0.15) is 44.3 Å². The third kappa shape index (κ3) is 2.60. The number of carbonyl (C=O) groups is 1. The van der Waals surface area contributed by atoms with E-state index in [0.29, 0.717) is 11.7 Å². The van der Waals surface area contributed by atoms with Crippen molar-refractivity contribution in [2.24, 2.45) is 11.8 Å². The largest absolute Gasteiger partial charge is 0.466 e. The van der Waals surface area contributed by atoms with Crippen LogP contribution in [-0.2, 0) is 15.1 Å². The van der Waals surface area contributed by atoms with Gasteiger partial charge in [0.25, 0.3) is 0 Å². The Balaban J connectivity index is 1.55. The molecule has 4 aliphatic rings. The van der Waals surface area contributed by atoms with Crippen molar-refractivity contribution in [3.8, 4) is 0 Å². The molecule has 4 heterocycles.